The normalized spacial score (nSPS) is 14.9. The Balaban J connectivity index is 1.58. The van der Waals surface area contributed by atoms with Gasteiger partial charge in [0.2, 0.25) is 5.95 Å². The van der Waals surface area contributed by atoms with Crippen LogP contribution in [0.1, 0.15) is 13.8 Å². The van der Waals surface area contributed by atoms with E-state index in [9.17, 15) is 5.11 Å². The molecule has 1 atom stereocenters. The highest BCUT2D eigenvalue weighted by Crippen LogP contribution is 2.25. The summed E-state index contributed by atoms with van der Waals surface area (Å²) >= 11 is 0. The summed E-state index contributed by atoms with van der Waals surface area (Å²) in [6, 6.07) is 13.9. The molecule has 8 nitrogen and oxygen atoms in total. The zero-order chi connectivity index (χ0) is 22.3. The van der Waals surface area contributed by atoms with Gasteiger partial charge in [0.25, 0.3) is 0 Å². The van der Waals surface area contributed by atoms with Crippen LogP contribution in [0.15, 0.2) is 54.9 Å². The first-order chi connectivity index (χ1) is 15.6. The average molecular weight is 435 g/mol. The number of nitrogens with one attached hydrogen (secondary N) is 2. The molecule has 1 aromatic carbocycles. The Hall–Kier alpha value is -3.23. The monoisotopic (exact) mass is 434 g/mol. The molecule has 0 spiro atoms. The Morgan fingerprint density at radius 3 is 2.53 bits per heavy atom. The third-order valence-electron chi connectivity index (χ3n) is 5.52. The van der Waals surface area contributed by atoms with Crippen LogP contribution in [0.4, 0.5) is 23.1 Å². The van der Waals surface area contributed by atoms with Crippen LogP contribution in [0.25, 0.3) is 11.3 Å². The molecule has 168 valence electrons. The molecule has 1 saturated heterocycles. The average Bonchev–Trinajstić information content (AvgIpc) is 2.84. The highest BCUT2D eigenvalue weighted by molar-refractivity contribution is 5.68. The molecule has 8 heteroatoms. The molecule has 0 aliphatic carbocycles. The standard InChI is InChI=1S/C24H30N6O2/c1-17(2)22(16-31)28-24-27-21(18-4-3-9-25-15-18)14-23(29-24)26-19-5-7-20(8-6-19)30-10-12-32-13-11-30/h3-9,14-15,17,22,31H,10-13,16H2,1-2H3,(H2,26,27,28,29)/t22-/m1/s1. The molecule has 1 fully saturated rings. The van der Waals surface area contributed by atoms with Crippen molar-refractivity contribution < 1.29 is 9.84 Å². The number of aliphatic hydroxyl groups excluding tert-OH is 1. The molecule has 32 heavy (non-hydrogen) atoms. The quantitative estimate of drug-likeness (QED) is 0.495. The number of benzene rings is 1. The van der Waals surface area contributed by atoms with Gasteiger partial charge in [-0.3, -0.25) is 4.98 Å². The van der Waals surface area contributed by atoms with Crippen LogP contribution in [0.2, 0.25) is 0 Å². The summed E-state index contributed by atoms with van der Waals surface area (Å²) in [7, 11) is 0. The summed E-state index contributed by atoms with van der Waals surface area (Å²) < 4.78 is 5.44. The second-order valence-corrected chi connectivity index (χ2v) is 8.15. The van der Waals surface area contributed by atoms with E-state index in [0.717, 1.165) is 43.2 Å². The van der Waals surface area contributed by atoms with Crippen molar-refractivity contribution in [3.05, 3.63) is 54.9 Å². The van der Waals surface area contributed by atoms with E-state index >= 15 is 0 Å². The van der Waals surface area contributed by atoms with E-state index in [1.165, 1.54) is 5.69 Å². The van der Waals surface area contributed by atoms with Gasteiger partial charge in [-0.15, -0.1) is 0 Å². The topological polar surface area (TPSA) is 95.4 Å². The van der Waals surface area contributed by atoms with Gasteiger partial charge in [0.1, 0.15) is 5.82 Å². The van der Waals surface area contributed by atoms with Crippen molar-refractivity contribution in [1.29, 1.82) is 0 Å². The van der Waals surface area contributed by atoms with Gasteiger partial charge >= 0.3 is 0 Å². The molecule has 0 radical (unpaired) electrons. The number of morpholine rings is 1. The first kappa shape index (κ1) is 22.0. The summed E-state index contributed by atoms with van der Waals surface area (Å²) in [6.45, 7) is 7.44. The van der Waals surface area contributed by atoms with Crippen LogP contribution in [0.3, 0.4) is 0 Å². The third kappa shape index (κ3) is 5.52. The predicted molar refractivity (Wildman–Crippen MR) is 127 cm³/mol. The van der Waals surface area contributed by atoms with Gasteiger partial charge in [0.05, 0.1) is 31.6 Å². The van der Waals surface area contributed by atoms with Crippen molar-refractivity contribution in [3.8, 4) is 11.3 Å². The van der Waals surface area contributed by atoms with Crippen molar-refractivity contribution >= 4 is 23.1 Å². The van der Waals surface area contributed by atoms with E-state index in [1.54, 1.807) is 12.4 Å². The number of rotatable bonds is 8. The van der Waals surface area contributed by atoms with Crippen LogP contribution in [-0.4, -0.2) is 59.0 Å². The molecule has 0 amide bonds. The summed E-state index contributed by atoms with van der Waals surface area (Å²) in [4.78, 5) is 15.8. The van der Waals surface area contributed by atoms with Crippen molar-refractivity contribution in [2.24, 2.45) is 5.92 Å². The van der Waals surface area contributed by atoms with Crippen molar-refractivity contribution in [3.63, 3.8) is 0 Å². The minimum atomic E-state index is -0.139. The number of hydrogen-bond acceptors (Lipinski definition) is 8. The zero-order valence-electron chi connectivity index (χ0n) is 18.5. The fourth-order valence-electron chi connectivity index (χ4n) is 3.55. The van der Waals surface area contributed by atoms with Crippen molar-refractivity contribution in [2.75, 3.05) is 48.4 Å². The molecule has 1 aliphatic heterocycles. The Kier molecular flexibility index (Phi) is 7.14. The van der Waals surface area contributed by atoms with E-state index in [0.29, 0.717) is 11.8 Å². The van der Waals surface area contributed by atoms with Crippen LogP contribution in [0, 0.1) is 5.92 Å². The van der Waals surface area contributed by atoms with Gasteiger partial charge in [-0.25, -0.2) is 4.98 Å². The van der Waals surface area contributed by atoms with Crippen LogP contribution in [0.5, 0.6) is 0 Å². The molecule has 4 rings (SSSR count). The van der Waals surface area contributed by atoms with Crippen molar-refractivity contribution in [2.45, 2.75) is 19.9 Å². The molecule has 0 bridgehead atoms. The molecular weight excluding hydrogens is 404 g/mol. The molecule has 3 N–H and O–H groups in total. The van der Waals surface area contributed by atoms with Crippen molar-refractivity contribution in [1.82, 2.24) is 15.0 Å². The maximum atomic E-state index is 9.73. The maximum Gasteiger partial charge on any atom is 0.225 e. The fraction of sp³-hybridized carbons (Fsp3) is 0.375. The summed E-state index contributed by atoms with van der Waals surface area (Å²) in [5, 5.41) is 16.4. The Morgan fingerprint density at radius 1 is 1.09 bits per heavy atom. The number of ether oxygens (including phenoxy) is 1. The van der Waals surface area contributed by atoms with Gasteiger partial charge in [-0.1, -0.05) is 13.8 Å². The second kappa shape index (κ2) is 10.4. The van der Waals surface area contributed by atoms with Gasteiger partial charge in [-0.05, 0) is 42.3 Å². The fourth-order valence-corrected chi connectivity index (χ4v) is 3.55. The minimum Gasteiger partial charge on any atom is -0.394 e. The van der Waals surface area contributed by atoms with E-state index in [1.807, 2.05) is 44.2 Å². The van der Waals surface area contributed by atoms with Gasteiger partial charge < -0.3 is 25.4 Å². The first-order valence-corrected chi connectivity index (χ1v) is 11.0. The van der Waals surface area contributed by atoms with Crippen LogP contribution < -0.4 is 15.5 Å². The van der Waals surface area contributed by atoms with E-state index < -0.39 is 0 Å². The number of aliphatic hydroxyl groups is 1. The highest BCUT2D eigenvalue weighted by atomic mass is 16.5. The van der Waals surface area contributed by atoms with E-state index in [4.69, 9.17) is 4.74 Å². The lowest BCUT2D eigenvalue weighted by molar-refractivity contribution is 0.122. The Bertz CT molecular complexity index is 991. The third-order valence-corrected chi connectivity index (χ3v) is 5.52. The van der Waals surface area contributed by atoms with Gasteiger partial charge in [0, 0.05) is 48.5 Å². The van der Waals surface area contributed by atoms with Crippen LogP contribution in [-0.2, 0) is 4.74 Å². The van der Waals surface area contributed by atoms with Gasteiger partial charge in [-0.2, -0.15) is 4.98 Å². The van der Waals surface area contributed by atoms with Crippen LogP contribution >= 0.6 is 0 Å². The number of nitrogens with zero attached hydrogens (tertiary/aromatic N) is 4. The zero-order valence-corrected chi connectivity index (χ0v) is 18.5. The lowest BCUT2D eigenvalue weighted by Gasteiger charge is -2.28. The van der Waals surface area contributed by atoms with Gasteiger partial charge in [0.15, 0.2) is 0 Å². The molecule has 3 aromatic rings. The molecule has 2 aromatic heterocycles. The summed E-state index contributed by atoms with van der Waals surface area (Å²) in [6.07, 6.45) is 3.51. The molecule has 0 saturated carbocycles. The molecule has 0 unspecified atom stereocenters. The summed E-state index contributed by atoms with van der Waals surface area (Å²) in [5.41, 5.74) is 3.77. The Labute approximate surface area is 188 Å². The second-order valence-electron chi connectivity index (χ2n) is 8.15. The van der Waals surface area contributed by atoms with E-state index in [2.05, 4.69) is 42.6 Å². The smallest absolute Gasteiger partial charge is 0.225 e. The molecule has 3 heterocycles. The number of hydrogen-bond donors (Lipinski definition) is 3. The Morgan fingerprint density at radius 2 is 1.88 bits per heavy atom. The van der Waals surface area contributed by atoms with E-state index in [-0.39, 0.29) is 18.6 Å². The number of anilines is 4. The number of pyridine rings is 1. The minimum absolute atomic E-state index is 0.00388. The predicted octanol–water partition coefficient (Wildman–Crippen LogP) is 3.55. The lowest BCUT2D eigenvalue weighted by atomic mass is 10.1. The lowest BCUT2D eigenvalue weighted by Crippen LogP contribution is -2.36. The highest BCUT2D eigenvalue weighted by Gasteiger charge is 2.16. The number of aromatic nitrogens is 3. The maximum absolute atomic E-state index is 9.73. The molecular formula is C24H30N6O2. The molecule has 1 aliphatic rings. The SMILES string of the molecule is CC(C)[C@@H](CO)Nc1nc(Nc2ccc(N3CCOCC3)cc2)cc(-c2cccnc2)n1. The summed E-state index contributed by atoms with van der Waals surface area (Å²) in [5.74, 6) is 1.36. The largest absolute Gasteiger partial charge is 0.394 e. The first-order valence-electron chi connectivity index (χ1n) is 11.0.